The Labute approximate surface area is 118 Å². The van der Waals surface area contributed by atoms with E-state index in [0.717, 1.165) is 5.69 Å². The fourth-order valence-corrected chi connectivity index (χ4v) is 1.77. The highest BCUT2D eigenvalue weighted by Gasteiger charge is 2.17. The Morgan fingerprint density at radius 2 is 1.84 bits per heavy atom. The number of hydrogen-bond donors (Lipinski definition) is 3. The van der Waals surface area contributed by atoms with Crippen LogP contribution in [0.5, 0.6) is 0 Å². The van der Waals surface area contributed by atoms with Crippen molar-refractivity contribution in [2.75, 3.05) is 30.1 Å². The molecule has 0 saturated heterocycles. The van der Waals surface area contributed by atoms with Crippen molar-refractivity contribution in [2.45, 2.75) is 13.0 Å². The van der Waals surface area contributed by atoms with Crippen molar-refractivity contribution in [3.8, 4) is 0 Å². The lowest BCUT2D eigenvalue weighted by Crippen LogP contribution is -2.44. The minimum Gasteiger partial charge on any atom is -0.378 e. The van der Waals surface area contributed by atoms with Gasteiger partial charge in [-0.1, -0.05) is 0 Å². The average molecular weight is 281 g/mol. The molecule has 0 fully saturated rings. The minimum absolute atomic E-state index is 0.251. The molecule has 1 aromatic carbocycles. The van der Waals surface area contributed by atoms with Crippen LogP contribution < -0.4 is 15.5 Å². The van der Waals surface area contributed by atoms with Crippen LogP contribution in [0, 0.1) is 0 Å². The van der Waals surface area contributed by atoms with Gasteiger partial charge >= 0.3 is 0 Å². The van der Waals surface area contributed by atoms with Gasteiger partial charge in [0.2, 0.25) is 11.8 Å². The van der Waals surface area contributed by atoms with Crippen molar-refractivity contribution in [2.24, 2.45) is 0 Å². The highest BCUT2D eigenvalue weighted by molar-refractivity contribution is 7.80. The molecule has 0 heterocycles. The summed E-state index contributed by atoms with van der Waals surface area (Å²) in [5.41, 5.74) is 1.73. The van der Waals surface area contributed by atoms with Crippen molar-refractivity contribution >= 4 is 35.8 Å². The molecule has 0 aromatic heterocycles. The molecule has 0 spiro atoms. The lowest BCUT2D eigenvalue weighted by Gasteiger charge is -2.16. The topological polar surface area (TPSA) is 61.4 Å². The van der Waals surface area contributed by atoms with Gasteiger partial charge in [0.05, 0.1) is 0 Å². The third-order valence-corrected chi connectivity index (χ3v) is 2.89. The highest BCUT2D eigenvalue weighted by atomic mass is 32.1. The van der Waals surface area contributed by atoms with E-state index in [2.05, 4.69) is 23.3 Å². The van der Waals surface area contributed by atoms with Crippen LogP contribution in [0.15, 0.2) is 24.3 Å². The van der Waals surface area contributed by atoms with Gasteiger partial charge in [-0.25, -0.2) is 0 Å². The maximum Gasteiger partial charge on any atom is 0.247 e. The molecule has 0 saturated carbocycles. The lowest BCUT2D eigenvalue weighted by atomic mass is 10.2. The first-order chi connectivity index (χ1) is 8.93. The smallest absolute Gasteiger partial charge is 0.247 e. The molecule has 5 nitrogen and oxygen atoms in total. The molecule has 0 radical (unpaired) electrons. The molecule has 1 aromatic rings. The first-order valence-corrected chi connectivity index (χ1v) is 6.53. The molecule has 104 valence electrons. The van der Waals surface area contributed by atoms with Crippen molar-refractivity contribution in [3.63, 3.8) is 0 Å². The molecule has 2 N–H and O–H groups in total. The number of anilines is 2. The van der Waals surface area contributed by atoms with Gasteiger partial charge in [-0.15, -0.1) is 0 Å². The Morgan fingerprint density at radius 3 is 2.26 bits per heavy atom. The first-order valence-electron chi connectivity index (χ1n) is 5.90. The van der Waals surface area contributed by atoms with Gasteiger partial charge in [-0.05, 0) is 24.3 Å². The van der Waals surface area contributed by atoms with Crippen LogP contribution in [0.25, 0.3) is 0 Å². The quantitative estimate of drug-likeness (QED) is 0.709. The third kappa shape index (κ3) is 4.82. The number of nitrogens with one attached hydrogen (secondary N) is 2. The molecule has 6 heteroatoms. The zero-order valence-electron chi connectivity index (χ0n) is 11.3. The average Bonchev–Trinajstić information content (AvgIpc) is 2.36. The second kappa shape index (κ2) is 7.04. The Bertz CT molecular complexity index is 446. The lowest BCUT2D eigenvalue weighted by molar-refractivity contribution is -0.124. The molecular weight excluding hydrogens is 262 g/mol. The second-order valence-electron chi connectivity index (χ2n) is 4.37. The number of carbonyl (C=O) groups is 2. The Kier molecular flexibility index (Phi) is 5.69. The van der Waals surface area contributed by atoms with Gasteiger partial charge in [0.15, 0.2) is 0 Å². The van der Waals surface area contributed by atoms with E-state index in [9.17, 15) is 9.59 Å². The summed E-state index contributed by atoms with van der Waals surface area (Å²) in [5.74, 6) is -0.277. The molecule has 0 aliphatic heterocycles. The van der Waals surface area contributed by atoms with Gasteiger partial charge in [-0.3, -0.25) is 9.59 Å². The van der Waals surface area contributed by atoms with Crippen LogP contribution in [-0.4, -0.2) is 37.7 Å². The summed E-state index contributed by atoms with van der Waals surface area (Å²) in [7, 11) is 3.89. The SMILES string of the molecule is CC(=O)NC(CS)C(=O)Nc1ccc(N(C)C)cc1. The first kappa shape index (κ1) is 15.4. The number of amides is 2. The molecule has 1 rings (SSSR count). The van der Waals surface area contributed by atoms with Gasteiger partial charge in [0, 0.05) is 38.1 Å². The fourth-order valence-electron chi connectivity index (χ4n) is 1.51. The number of thiol groups is 1. The Hall–Kier alpha value is -1.69. The number of rotatable bonds is 5. The van der Waals surface area contributed by atoms with Gasteiger partial charge in [0.25, 0.3) is 0 Å². The van der Waals surface area contributed by atoms with Gasteiger partial charge in [0.1, 0.15) is 6.04 Å². The van der Waals surface area contributed by atoms with Gasteiger partial charge < -0.3 is 15.5 Å². The molecule has 1 atom stereocenters. The summed E-state index contributed by atoms with van der Waals surface area (Å²) in [4.78, 5) is 24.8. The Balaban J connectivity index is 2.67. The maximum absolute atomic E-state index is 11.9. The summed E-state index contributed by atoms with van der Waals surface area (Å²) < 4.78 is 0. The minimum atomic E-state index is -0.630. The van der Waals surface area contributed by atoms with E-state index in [0.29, 0.717) is 5.69 Å². The van der Waals surface area contributed by atoms with Crippen LogP contribution >= 0.6 is 12.6 Å². The van der Waals surface area contributed by atoms with E-state index in [4.69, 9.17) is 0 Å². The number of carbonyl (C=O) groups excluding carboxylic acids is 2. The van der Waals surface area contributed by atoms with E-state index in [1.54, 1.807) is 0 Å². The second-order valence-corrected chi connectivity index (χ2v) is 4.73. The molecular formula is C13H19N3O2S. The van der Waals surface area contributed by atoms with Crippen molar-refractivity contribution in [1.82, 2.24) is 5.32 Å². The summed E-state index contributed by atoms with van der Waals surface area (Å²) >= 11 is 4.06. The monoisotopic (exact) mass is 281 g/mol. The Morgan fingerprint density at radius 1 is 1.26 bits per heavy atom. The summed E-state index contributed by atoms with van der Waals surface area (Å²) in [6.45, 7) is 1.37. The molecule has 0 bridgehead atoms. The normalized spacial score (nSPS) is 11.6. The summed E-state index contributed by atoms with van der Waals surface area (Å²) in [6, 6.07) is 6.81. The van der Waals surface area contributed by atoms with Crippen LogP contribution in [-0.2, 0) is 9.59 Å². The highest BCUT2D eigenvalue weighted by Crippen LogP contribution is 2.15. The molecule has 2 amide bonds. The third-order valence-electron chi connectivity index (χ3n) is 2.53. The summed E-state index contributed by atoms with van der Waals surface area (Å²) in [6.07, 6.45) is 0. The largest absolute Gasteiger partial charge is 0.378 e. The molecule has 19 heavy (non-hydrogen) atoms. The molecule has 1 unspecified atom stereocenters. The summed E-state index contributed by atoms with van der Waals surface area (Å²) in [5, 5.41) is 5.29. The van der Waals surface area contributed by atoms with Gasteiger partial charge in [-0.2, -0.15) is 12.6 Å². The maximum atomic E-state index is 11.9. The zero-order valence-corrected chi connectivity index (χ0v) is 12.2. The van der Waals surface area contributed by atoms with Crippen molar-refractivity contribution in [1.29, 1.82) is 0 Å². The van der Waals surface area contributed by atoms with E-state index in [-0.39, 0.29) is 17.6 Å². The van der Waals surface area contributed by atoms with E-state index >= 15 is 0 Å². The molecule has 0 aliphatic carbocycles. The molecule has 0 aliphatic rings. The van der Waals surface area contributed by atoms with E-state index < -0.39 is 6.04 Å². The van der Waals surface area contributed by atoms with E-state index in [1.165, 1.54) is 6.92 Å². The predicted molar refractivity (Wildman–Crippen MR) is 80.9 cm³/mol. The number of hydrogen-bond acceptors (Lipinski definition) is 4. The van der Waals surface area contributed by atoms with Crippen molar-refractivity contribution in [3.05, 3.63) is 24.3 Å². The van der Waals surface area contributed by atoms with E-state index in [1.807, 2.05) is 43.3 Å². The number of benzene rings is 1. The number of nitrogens with zero attached hydrogens (tertiary/aromatic N) is 1. The van der Waals surface area contributed by atoms with Crippen LogP contribution in [0.1, 0.15) is 6.92 Å². The van der Waals surface area contributed by atoms with Crippen molar-refractivity contribution < 1.29 is 9.59 Å². The predicted octanol–water partition coefficient (Wildman–Crippen LogP) is 1.13. The standard InChI is InChI=1S/C13H19N3O2S/c1-9(17)14-12(8-19)13(18)15-10-4-6-11(7-5-10)16(2)3/h4-7,12,19H,8H2,1-3H3,(H,14,17)(H,15,18). The van der Waals surface area contributed by atoms with Crippen LogP contribution in [0.2, 0.25) is 0 Å². The van der Waals surface area contributed by atoms with Crippen LogP contribution in [0.4, 0.5) is 11.4 Å². The fraction of sp³-hybridized carbons (Fsp3) is 0.385. The zero-order chi connectivity index (χ0) is 14.4. The van der Waals surface area contributed by atoms with Crippen LogP contribution in [0.3, 0.4) is 0 Å².